The van der Waals surface area contributed by atoms with E-state index in [4.69, 9.17) is 15.9 Å². The molecule has 0 radical (unpaired) electrons. The van der Waals surface area contributed by atoms with Gasteiger partial charge in [0.15, 0.2) is 8.32 Å². The first-order valence-corrected chi connectivity index (χ1v) is 8.16. The van der Waals surface area contributed by atoms with Crippen molar-refractivity contribution in [1.29, 1.82) is 0 Å². The van der Waals surface area contributed by atoms with Crippen LogP contribution in [0.4, 0.5) is 0 Å². The van der Waals surface area contributed by atoms with Crippen LogP contribution in [0, 0.1) is 5.92 Å². The molecule has 14 heavy (non-hydrogen) atoms. The molecule has 0 aromatic heterocycles. The molecule has 86 valence electrons. The monoisotopic (exact) mass is 218 g/mol. The van der Waals surface area contributed by atoms with Crippen LogP contribution in [-0.2, 0) is 4.43 Å². The average Bonchev–Trinajstić information content (AvgIpc) is 2.25. The van der Waals surface area contributed by atoms with Gasteiger partial charge in [0.25, 0.3) is 0 Å². The predicted molar refractivity (Wildman–Crippen MR) is 64.7 cm³/mol. The minimum absolute atomic E-state index is 0.562. The van der Waals surface area contributed by atoms with E-state index in [1.54, 1.807) is 0 Å². The van der Waals surface area contributed by atoms with Gasteiger partial charge in [-0.1, -0.05) is 13.8 Å². The van der Waals surface area contributed by atoms with Crippen molar-refractivity contribution in [3.05, 3.63) is 0 Å². The molecule has 0 saturated heterocycles. The molecule has 4 heteroatoms. The molecule has 0 spiro atoms. The molecule has 0 saturated carbocycles. The van der Waals surface area contributed by atoms with Crippen molar-refractivity contribution in [2.45, 2.75) is 38.4 Å². The molecule has 0 aliphatic heterocycles. The first-order chi connectivity index (χ1) is 6.67. The van der Waals surface area contributed by atoms with Crippen LogP contribution in [0.25, 0.3) is 0 Å². The lowest BCUT2D eigenvalue weighted by molar-refractivity contribution is 0.376. The summed E-state index contributed by atoms with van der Waals surface area (Å²) < 4.78 is 5.76. The fourth-order valence-electron chi connectivity index (χ4n) is 1.98. The molecule has 4 N–H and O–H groups in total. The van der Waals surface area contributed by atoms with Crippen LogP contribution in [0.3, 0.4) is 0 Å². The van der Waals surface area contributed by atoms with E-state index < -0.39 is 8.32 Å². The highest BCUT2D eigenvalue weighted by Gasteiger charge is 2.32. The van der Waals surface area contributed by atoms with Crippen molar-refractivity contribution in [2.75, 3.05) is 20.2 Å². The smallest absolute Gasteiger partial charge is 0.192 e. The van der Waals surface area contributed by atoms with Gasteiger partial charge in [-0.2, -0.15) is 0 Å². The van der Waals surface area contributed by atoms with Gasteiger partial charge in [0.1, 0.15) is 0 Å². The van der Waals surface area contributed by atoms with Crippen LogP contribution in [0.15, 0.2) is 0 Å². The van der Waals surface area contributed by atoms with Gasteiger partial charge in [0, 0.05) is 7.11 Å². The Balaban J connectivity index is 4.24. The van der Waals surface area contributed by atoms with Gasteiger partial charge in [-0.05, 0) is 43.6 Å². The molecule has 0 rings (SSSR count). The van der Waals surface area contributed by atoms with Crippen LogP contribution in [0.1, 0.15) is 20.3 Å². The number of hydrogen-bond acceptors (Lipinski definition) is 3. The third-order valence-corrected chi connectivity index (χ3v) is 8.06. The second-order valence-electron chi connectivity index (χ2n) is 3.98. The quantitative estimate of drug-likeness (QED) is 0.608. The second kappa shape index (κ2) is 7.40. The van der Waals surface area contributed by atoms with E-state index in [-0.39, 0.29) is 0 Å². The zero-order valence-corrected chi connectivity index (χ0v) is 10.9. The van der Waals surface area contributed by atoms with Crippen LogP contribution in [-0.4, -0.2) is 28.5 Å². The van der Waals surface area contributed by atoms with Crippen LogP contribution in [0.5, 0.6) is 0 Å². The summed E-state index contributed by atoms with van der Waals surface area (Å²) in [6.45, 7) is 5.95. The Morgan fingerprint density at radius 1 is 1.21 bits per heavy atom. The Bertz CT molecular complexity index is 132. The van der Waals surface area contributed by atoms with Gasteiger partial charge < -0.3 is 15.9 Å². The molecule has 1 unspecified atom stereocenters. The maximum absolute atomic E-state index is 5.76. The molecule has 0 amide bonds. The van der Waals surface area contributed by atoms with Crippen molar-refractivity contribution in [3.8, 4) is 0 Å². The van der Waals surface area contributed by atoms with Crippen molar-refractivity contribution in [2.24, 2.45) is 17.4 Å². The molecular formula is C10H26N2OSi. The zero-order valence-electron chi connectivity index (χ0n) is 9.88. The molecular weight excluding hydrogens is 192 g/mol. The Morgan fingerprint density at radius 2 is 1.79 bits per heavy atom. The lowest BCUT2D eigenvalue weighted by Gasteiger charge is -2.31. The lowest BCUT2D eigenvalue weighted by atomic mass is 10.1. The summed E-state index contributed by atoms with van der Waals surface area (Å²) in [5, 5.41) is 0. The number of nitrogens with two attached hydrogens (primary N) is 2. The highest BCUT2D eigenvalue weighted by Crippen LogP contribution is 2.26. The summed E-state index contributed by atoms with van der Waals surface area (Å²) in [6.07, 6.45) is 1.04. The van der Waals surface area contributed by atoms with Crippen LogP contribution >= 0.6 is 0 Å². The fraction of sp³-hybridized carbons (Fsp3) is 1.00. The van der Waals surface area contributed by atoms with Crippen molar-refractivity contribution in [3.63, 3.8) is 0 Å². The minimum Gasteiger partial charge on any atom is -0.420 e. The molecule has 0 aromatic carbocycles. The molecule has 0 bridgehead atoms. The van der Waals surface area contributed by atoms with Crippen LogP contribution < -0.4 is 11.5 Å². The van der Waals surface area contributed by atoms with Gasteiger partial charge in [-0.15, -0.1) is 0 Å². The standard InChI is InChI=1S/C10H26N2OSi/c1-4-14(5-2,13-3)9-10(8-12)6-7-11/h10H,4-9,11-12H2,1-3H3. The third-order valence-electron chi connectivity index (χ3n) is 3.29. The molecule has 0 heterocycles. The summed E-state index contributed by atoms with van der Waals surface area (Å²) in [6, 6.07) is 3.53. The van der Waals surface area contributed by atoms with Gasteiger partial charge in [0.05, 0.1) is 0 Å². The fourth-order valence-corrected chi connectivity index (χ4v) is 5.22. The number of hydrogen-bond donors (Lipinski definition) is 2. The van der Waals surface area contributed by atoms with Gasteiger partial charge >= 0.3 is 0 Å². The lowest BCUT2D eigenvalue weighted by Crippen LogP contribution is -2.39. The molecule has 3 nitrogen and oxygen atoms in total. The molecule has 0 aliphatic carbocycles. The Morgan fingerprint density at radius 3 is 2.07 bits per heavy atom. The Hall–Kier alpha value is 0.0969. The molecule has 0 fully saturated rings. The van der Waals surface area contributed by atoms with E-state index in [2.05, 4.69) is 13.8 Å². The first-order valence-electron chi connectivity index (χ1n) is 5.63. The molecule has 1 atom stereocenters. The Labute approximate surface area is 89.3 Å². The van der Waals surface area contributed by atoms with E-state index in [0.29, 0.717) is 5.92 Å². The van der Waals surface area contributed by atoms with E-state index in [0.717, 1.165) is 19.5 Å². The third kappa shape index (κ3) is 4.08. The van der Waals surface area contributed by atoms with Crippen molar-refractivity contribution in [1.82, 2.24) is 0 Å². The Kier molecular flexibility index (Phi) is 7.45. The maximum Gasteiger partial charge on any atom is 0.192 e. The first kappa shape index (κ1) is 14.1. The van der Waals surface area contributed by atoms with E-state index in [9.17, 15) is 0 Å². The van der Waals surface area contributed by atoms with E-state index in [1.165, 1.54) is 18.1 Å². The summed E-state index contributed by atoms with van der Waals surface area (Å²) in [5.41, 5.74) is 11.3. The highest BCUT2D eigenvalue weighted by molar-refractivity contribution is 6.73. The van der Waals surface area contributed by atoms with Crippen molar-refractivity contribution >= 4 is 8.32 Å². The van der Waals surface area contributed by atoms with E-state index in [1.807, 2.05) is 7.11 Å². The number of rotatable bonds is 8. The van der Waals surface area contributed by atoms with Gasteiger partial charge in [0.2, 0.25) is 0 Å². The SMILES string of the molecule is CC[Si](CC)(CC(CN)CCN)OC. The second-order valence-corrected chi connectivity index (χ2v) is 8.57. The normalized spacial score (nSPS) is 14.4. The van der Waals surface area contributed by atoms with Crippen molar-refractivity contribution < 1.29 is 4.43 Å². The van der Waals surface area contributed by atoms with Crippen LogP contribution in [0.2, 0.25) is 18.1 Å². The highest BCUT2D eigenvalue weighted by atomic mass is 28.4. The summed E-state index contributed by atoms with van der Waals surface area (Å²) in [4.78, 5) is 0. The topological polar surface area (TPSA) is 61.3 Å². The maximum atomic E-state index is 5.76. The summed E-state index contributed by atoms with van der Waals surface area (Å²) in [7, 11) is 0.382. The largest absolute Gasteiger partial charge is 0.420 e. The van der Waals surface area contributed by atoms with E-state index >= 15 is 0 Å². The summed E-state index contributed by atoms with van der Waals surface area (Å²) >= 11 is 0. The predicted octanol–water partition coefficient (Wildman–Crippen LogP) is 1.54. The molecule has 0 aliphatic rings. The average molecular weight is 218 g/mol. The summed E-state index contributed by atoms with van der Waals surface area (Å²) in [5.74, 6) is 0.562. The minimum atomic E-state index is -1.47. The van der Waals surface area contributed by atoms with Gasteiger partial charge in [-0.3, -0.25) is 0 Å². The van der Waals surface area contributed by atoms with Gasteiger partial charge in [-0.25, -0.2) is 0 Å². The molecule has 0 aromatic rings. The zero-order chi connectivity index (χ0) is 11.0.